The molecule has 0 aromatic carbocycles. The maximum atomic E-state index is 14.9. The van der Waals surface area contributed by atoms with E-state index in [0.717, 1.165) is 23.4 Å². The van der Waals surface area contributed by atoms with Crippen molar-refractivity contribution in [1.29, 1.82) is 0 Å². The number of carbonyl (C=O) groups excluding carboxylic acids is 10. The van der Waals surface area contributed by atoms with Crippen LogP contribution in [0.25, 0.3) is 0 Å². The van der Waals surface area contributed by atoms with Crippen LogP contribution < -0.4 is 0 Å². The van der Waals surface area contributed by atoms with Crippen LogP contribution in [0.2, 0.25) is 0 Å². The molecule has 3 saturated heterocycles. The van der Waals surface area contributed by atoms with Crippen LogP contribution in [0.3, 0.4) is 0 Å². The van der Waals surface area contributed by atoms with Gasteiger partial charge >= 0.3 is 29.8 Å². The summed E-state index contributed by atoms with van der Waals surface area (Å²) in [5.74, 6) is -13.4. The number of piperidine rings is 1. The molecule has 3 N–H and O–H groups in total. The lowest BCUT2D eigenvalue weighted by Gasteiger charge is -2.54. The lowest BCUT2D eigenvalue weighted by Crippen LogP contribution is -2.61. The standard InChI is InChI=1S/C83H121N3O22/c1-47-23-18-17-19-24-48(2)62(101-15)42-57-29-26-53(7)83(99,108-57)77(95)78(96)86-38-21-20-25-60(86)80(98)105-63(43-61(88)49(3)40-52(6)73(92)76(102-16)72(91)51(5)39-47)50(4)41-55-27-30-56(31-28-55)104-67(89)34-35-68(90)106-65-33-32-59-69-71(64(103-54(8)87)44-81(59,65)9)82(10)66(46-100-14)107-79(97)58(70(82)75(94)74(69)93)45-85(13)37-22-36-84(11)12/h17-19,23-24,40,45,47,49-51,53,55-57,59-60,62-66,73,76,92,94,99H,20-22,25-39,41-44,46H2,1-16H3/b19-17+,23-18+,48-24+,52-40+,58-45+/t47-,49?,50-,51-,53-,55?,56?,57+,59?,60+,62+,63+,64-,65+,66-,73-,76+,81+,82+,83-/m1/s1. The van der Waals surface area contributed by atoms with E-state index in [1.54, 1.807) is 66.0 Å². The van der Waals surface area contributed by atoms with Crippen molar-refractivity contribution < 1.29 is 106 Å². The van der Waals surface area contributed by atoms with E-state index in [9.17, 15) is 63.3 Å². The molecular formula is C83H121N3O22. The van der Waals surface area contributed by atoms with E-state index >= 15 is 0 Å². The molecule has 4 heterocycles. The van der Waals surface area contributed by atoms with Gasteiger partial charge in [-0.1, -0.05) is 78.0 Å². The van der Waals surface area contributed by atoms with E-state index < -0.39 is 160 Å². The number of Topliss-reactive ketones (excluding diaryl/α,β-unsaturated/α-hetero) is 4. The third-order valence-corrected chi connectivity index (χ3v) is 24.3. The van der Waals surface area contributed by atoms with Crippen molar-refractivity contribution in [3.05, 3.63) is 81.9 Å². The van der Waals surface area contributed by atoms with Crippen molar-refractivity contribution in [2.75, 3.05) is 68.7 Å². The Labute approximate surface area is 637 Å². The number of cyclic esters (lactones) is 2. The van der Waals surface area contributed by atoms with Crippen LogP contribution in [0.15, 0.2) is 81.9 Å². The zero-order valence-corrected chi connectivity index (χ0v) is 66.6. The molecule has 0 radical (unpaired) electrons. The number of hydrogen-bond donors (Lipinski definition) is 3. The van der Waals surface area contributed by atoms with E-state index in [2.05, 4.69) is 0 Å². The number of aliphatic hydroxyl groups is 3. The number of ketones is 4. The fourth-order valence-electron chi connectivity index (χ4n) is 18.0. The quantitative estimate of drug-likeness (QED) is 0.0378. The lowest BCUT2D eigenvalue weighted by molar-refractivity contribution is -0.265. The summed E-state index contributed by atoms with van der Waals surface area (Å²) in [6.07, 6.45) is 10.4. The number of nitrogens with zero attached hydrogens (tertiary/aromatic N) is 3. The fraction of sp³-hybridized carbons (Fsp3) is 0.711. The maximum Gasteiger partial charge on any atom is 0.340 e. The monoisotopic (exact) mass is 1510 g/mol. The summed E-state index contributed by atoms with van der Waals surface area (Å²) in [4.78, 5) is 147. The molecule has 2 saturated carbocycles. The number of esters is 5. The molecule has 8 aliphatic rings. The summed E-state index contributed by atoms with van der Waals surface area (Å²) < 4.78 is 54.2. The first kappa shape index (κ1) is 86.6. The first-order valence-corrected chi connectivity index (χ1v) is 39.0. The van der Waals surface area contributed by atoms with Gasteiger partial charge in [-0.25, -0.2) is 9.59 Å². The van der Waals surface area contributed by atoms with Crippen molar-refractivity contribution in [1.82, 2.24) is 14.7 Å². The largest absolute Gasteiger partial charge is 0.504 e. The number of carbonyl (C=O) groups is 10. The Balaban J connectivity index is 0.938. The summed E-state index contributed by atoms with van der Waals surface area (Å²) in [6.45, 7) is 18.6. The van der Waals surface area contributed by atoms with Crippen LogP contribution >= 0.6 is 0 Å². The second-order valence-electron chi connectivity index (χ2n) is 32.7. The molecule has 5 fully saturated rings. The van der Waals surface area contributed by atoms with Gasteiger partial charge in [-0.05, 0) is 178 Å². The van der Waals surface area contributed by atoms with Crippen LogP contribution in [0.4, 0.5) is 0 Å². The zero-order valence-electron chi connectivity index (χ0n) is 66.6. The normalized spacial score (nSPS) is 36.8. The molecule has 25 heteroatoms. The summed E-state index contributed by atoms with van der Waals surface area (Å²) in [7, 11) is 10.1. The number of hydrogen-bond acceptors (Lipinski definition) is 24. The first-order chi connectivity index (χ1) is 51.0. The van der Waals surface area contributed by atoms with E-state index in [0.29, 0.717) is 94.7 Å². The third-order valence-electron chi connectivity index (χ3n) is 24.3. The Kier molecular flexibility index (Phi) is 30.3. The second kappa shape index (κ2) is 37.8. The van der Waals surface area contributed by atoms with E-state index in [1.165, 1.54) is 21.1 Å². The van der Waals surface area contributed by atoms with Gasteiger partial charge in [0, 0.05) is 102 Å². The van der Waals surface area contributed by atoms with Gasteiger partial charge < -0.3 is 72.7 Å². The maximum absolute atomic E-state index is 14.9. The molecule has 1 amide bonds. The van der Waals surface area contributed by atoms with Crippen LogP contribution in [-0.4, -0.2) is 224 Å². The highest BCUT2D eigenvalue weighted by Crippen LogP contribution is 2.64. The highest BCUT2D eigenvalue weighted by molar-refractivity contribution is 6.39. The Morgan fingerprint density at radius 1 is 0.796 bits per heavy atom. The molecule has 0 aromatic heterocycles. The minimum absolute atomic E-state index is 0.00562. The van der Waals surface area contributed by atoms with E-state index in [4.69, 9.17) is 42.6 Å². The highest BCUT2D eigenvalue weighted by Gasteiger charge is 2.65. The predicted octanol–water partition coefficient (Wildman–Crippen LogP) is 9.59. The van der Waals surface area contributed by atoms with Gasteiger partial charge in [-0.3, -0.25) is 38.4 Å². The van der Waals surface area contributed by atoms with Gasteiger partial charge in [0.05, 0.1) is 42.6 Å². The topological polar surface area (TPSA) is 324 Å². The number of allylic oxidation sites excluding steroid dienone is 7. The van der Waals surface area contributed by atoms with Gasteiger partial charge in [0.2, 0.25) is 11.6 Å². The van der Waals surface area contributed by atoms with Gasteiger partial charge in [0.25, 0.3) is 11.7 Å². The molecule has 4 aliphatic carbocycles. The van der Waals surface area contributed by atoms with Gasteiger partial charge in [0.1, 0.15) is 54.6 Å². The molecule has 600 valence electrons. The van der Waals surface area contributed by atoms with Gasteiger partial charge in [0.15, 0.2) is 11.5 Å². The van der Waals surface area contributed by atoms with Crippen molar-refractivity contribution in [2.45, 2.75) is 258 Å². The average molecular weight is 1510 g/mol. The number of methoxy groups -OCH3 is 3. The van der Waals surface area contributed by atoms with Crippen molar-refractivity contribution in [2.24, 2.45) is 52.3 Å². The van der Waals surface area contributed by atoms with Crippen molar-refractivity contribution in [3.8, 4) is 0 Å². The smallest absolute Gasteiger partial charge is 0.340 e. The first-order valence-electron chi connectivity index (χ1n) is 39.0. The number of rotatable bonds is 18. The van der Waals surface area contributed by atoms with Gasteiger partial charge in [-0.2, -0.15) is 0 Å². The Hall–Kier alpha value is -7.00. The number of amides is 1. The molecule has 2 bridgehead atoms. The number of fused-ring (bicyclic) bond motifs is 7. The zero-order chi connectivity index (χ0) is 79.4. The van der Waals surface area contributed by atoms with Crippen molar-refractivity contribution >= 4 is 58.9 Å². The molecule has 2 unspecified atom stereocenters. The second-order valence-corrected chi connectivity index (χ2v) is 32.7. The molecule has 108 heavy (non-hydrogen) atoms. The Bertz CT molecular complexity index is 3540. The number of aliphatic hydroxyl groups excluding tert-OH is 2. The molecule has 25 nitrogen and oxygen atoms in total. The molecule has 18 atom stereocenters. The predicted molar refractivity (Wildman–Crippen MR) is 398 cm³/mol. The summed E-state index contributed by atoms with van der Waals surface area (Å²) >= 11 is 0. The van der Waals surface area contributed by atoms with Crippen LogP contribution in [-0.2, 0) is 90.6 Å². The molecule has 0 aromatic rings. The average Bonchev–Trinajstić information content (AvgIpc) is 1.15. The Morgan fingerprint density at radius 2 is 1.49 bits per heavy atom. The van der Waals surface area contributed by atoms with Crippen LogP contribution in [0.5, 0.6) is 0 Å². The van der Waals surface area contributed by atoms with Gasteiger partial charge in [-0.15, -0.1) is 0 Å². The number of ether oxygens (including phenoxy) is 9. The fourth-order valence-corrected chi connectivity index (χ4v) is 18.0. The molecular weight excluding hydrogens is 1390 g/mol. The minimum atomic E-state index is -2.50. The molecule has 4 aliphatic heterocycles. The summed E-state index contributed by atoms with van der Waals surface area (Å²) in [5, 5.41) is 36.0. The van der Waals surface area contributed by atoms with E-state index in [1.807, 2.05) is 77.1 Å². The summed E-state index contributed by atoms with van der Waals surface area (Å²) in [5.41, 5.74) is -0.566. The molecule has 0 spiro atoms. The summed E-state index contributed by atoms with van der Waals surface area (Å²) in [6, 6.07) is -1.23. The van der Waals surface area contributed by atoms with Crippen LogP contribution in [0.1, 0.15) is 191 Å². The Morgan fingerprint density at radius 3 is 2.15 bits per heavy atom. The van der Waals surface area contributed by atoms with Crippen LogP contribution in [0, 0.1) is 52.3 Å². The minimum Gasteiger partial charge on any atom is -0.504 e. The highest BCUT2D eigenvalue weighted by atomic mass is 16.6. The van der Waals surface area contributed by atoms with Crippen molar-refractivity contribution in [3.63, 3.8) is 0 Å². The van der Waals surface area contributed by atoms with E-state index in [-0.39, 0.29) is 91.8 Å². The third kappa shape index (κ3) is 20.0. The SMILES string of the molecule is COC[C@H]1OC(=O)/C(=C/N(C)CCCN(C)C)C2=C(O)C(=O)C3=C([C@H](OC(C)=O)C[C@@]4(C)C3CC[C@@H]4OC(=O)CCC(=O)OC3CCC(C[C@@H](C)[C@@H]4CC(=O)C(C)/C=C(\C)[C@@H](O)[C@@H](OC)C(=O)[C@H](C)C[C@H](C)/C=C/C=C/C=C(\C)[C@@H](OC)C[C@@H]5CC[C@@H](C)[C@@](O)(O5)C(=O)C(=O)N5CCCC[C@H]5C(=O)O4)CC3)[C@]21C. The molecule has 8 rings (SSSR count). The lowest BCUT2D eigenvalue weighted by atomic mass is 9.53.